The Morgan fingerprint density at radius 2 is 1.86 bits per heavy atom. The third-order valence-electron chi connectivity index (χ3n) is 7.67. The average molecular weight is 524 g/mol. The van der Waals surface area contributed by atoms with Crippen molar-refractivity contribution in [3.05, 3.63) is 44.5 Å². The number of hydrogen-bond acceptors (Lipinski definition) is 9. The van der Waals surface area contributed by atoms with Crippen molar-refractivity contribution in [2.45, 2.75) is 31.3 Å². The smallest absolute Gasteiger partial charge is 0.328 e. The number of nitrogens with zero attached hydrogens (tertiary/aromatic N) is 4. The third kappa shape index (κ3) is 3.68. The molecule has 2 saturated heterocycles. The van der Waals surface area contributed by atoms with Gasteiger partial charge in [-0.25, -0.2) is 4.79 Å². The Morgan fingerprint density at radius 3 is 2.57 bits per heavy atom. The number of fused-ring (bicyclic) bond motifs is 4. The van der Waals surface area contributed by atoms with Gasteiger partial charge in [-0.3, -0.25) is 39.6 Å². The number of aromatic nitrogens is 2. The van der Waals surface area contributed by atoms with Gasteiger partial charge in [0.1, 0.15) is 5.56 Å². The van der Waals surface area contributed by atoms with E-state index in [-0.39, 0.29) is 28.7 Å². The maximum atomic E-state index is 13.2. The number of imide groups is 2. The van der Waals surface area contributed by atoms with E-state index in [4.69, 9.17) is 12.2 Å². The van der Waals surface area contributed by atoms with E-state index in [9.17, 15) is 24.3 Å². The number of carbonyl (C=O) groups excluding carboxylic acids is 3. The second-order valence-electron chi connectivity index (χ2n) is 10.0. The maximum absolute atomic E-state index is 13.2. The number of urea groups is 1. The lowest BCUT2D eigenvalue weighted by molar-refractivity contribution is -0.147. The Labute approximate surface area is 216 Å². The monoisotopic (exact) mass is 523 g/mol. The summed E-state index contributed by atoms with van der Waals surface area (Å²) in [5.41, 5.74) is 0.0695. The van der Waals surface area contributed by atoms with Crippen LogP contribution in [0.2, 0.25) is 0 Å². The molecule has 12 nitrogen and oxygen atoms in total. The first-order valence-electron chi connectivity index (χ1n) is 12.1. The number of aromatic amines is 1. The van der Waals surface area contributed by atoms with Gasteiger partial charge in [0.25, 0.3) is 5.56 Å². The Hall–Kier alpha value is -3.84. The number of benzene rings is 1. The Kier molecular flexibility index (Phi) is 5.31. The molecule has 1 aromatic heterocycles. The average Bonchev–Trinajstić information content (AvgIpc) is 3.67. The second-order valence-corrected chi connectivity index (χ2v) is 10.4. The Bertz CT molecular complexity index is 1490. The fraction of sp³-hybridized carbons (Fsp3) is 0.417. The topological polar surface area (TPSA) is 152 Å². The SMILES string of the molecule is CN1CCN2c3ccc(N=Cc4c(O)n(C5CC5)c(=S)[nH]c4=O)cc3CC3(C(=O)NC(=O)NC3=O)[C@H]2C1. The van der Waals surface area contributed by atoms with Crippen LogP contribution >= 0.6 is 12.2 Å². The zero-order chi connectivity index (χ0) is 26.1. The van der Waals surface area contributed by atoms with Crippen LogP contribution in [0.4, 0.5) is 16.2 Å². The number of amides is 4. The van der Waals surface area contributed by atoms with E-state index < -0.39 is 34.9 Å². The molecule has 1 aromatic carbocycles. The molecule has 1 spiro atoms. The van der Waals surface area contributed by atoms with E-state index in [1.807, 2.05) is 13.1 Å². The highest BCUT2D eigenvalue weighted by Gasteiger charge is 2.60. The van der Waals surface area contributed by atoms with Gasteiger partial charge in [-0.2, -0.15) is 0 Å². The molecule has 4 heterocycles. The van der Waals surface area contributed by atoms with Crippen molar-refractivity contribution in [2.75, 3.05) is 31.6 Å². The van der Waals surface area contributed by atoms with Crippen molar-refractivity contribution < 1.29 is 19.5 Å². The van der Waals surface area contributed by atoms with E-state index in [0.717, 1.165) is 30.6 Å². The molecule has 4 amide bonds. The largest absolute Gasteiger partial charge is 0.494 e. The molecule has 3 aliphatic heterocycles. The van der Waals surface area contributed by atoms with E-state index in [1.54, 1.807) is 12.1 Å². The summed E-state index contributed by atoms with van der Waals surface area (Å²) in [6, 6.07) is 4.23. The van der Waals surface area contributed by atoms with Crippen molar-refractivity contribution in [3.8, 4) is 5.88 Å². The summed E-state index contributed by atoms with van der Waals surface area (Å²) in [6.07, 6.45) is 3.12. The second kappa shape index (κ2) is 8.35. The lowest BCUT2D eigenvalue weighted by Crippen LogP contribution is -2.74. The Balaban J connectivity index is 1.40. The van der Waals surface area contributed by atoms with Crippen LogP contribution < -0.4 is 21.1 Å². The van der Waals surface area contributed by atoms with Crippen LogP contribution in [0, 0.1) is 10.2 Å². The van der Waals surface area contributed by atoms with Crippen LogP contribution in [0.3, 0.4) is 0 Å². The molecule has 13 heteroatoms. The molecule has 1 atom stereocenters. The highest BCUT2D eigenvalue weighted by molar-refractivity contribution is 7.71. The van der Waals surface area contributed by atoms with E-state index in [0.29, 0.717) is 18.8 Å². The van der Waals surface area contributed by atoms with Gasteiger partial charge in [-0.05, 0) is 62.3 Å². The first-order chi connectivity index (χ1) is 17.7. The number of piperazine rings is 1. The minimum Gasteiger partial charge on any atom is -0.494 e. The van der Waals surface area contributed by atoms with Gasteiger partial charge in [0.05, 0.1) is 11.7 Å². The predicted octanol–water partition coefficient (Wildman–Crippen LogP) is 0.726. The molecular weight excluding hydrogens is 498 g/mol. The number of aliphatic imine (C=N–C) groups is 1. The highest BCUT2D eigenvalue weighted by atomic mass is 32.1. The van der Waals surface area contributed by atoms with Crippen molar-refractivity contribution in [1.82, 2.24) is 25.1 Å². The molecule has 4 N–H and O–H groups in total. The summed E-state index contributed by atoms with van der Waals surface area (Å²) in [6.45, 7) is 1.83. The van der Waals surface area contributed by atoms with Crippen LogP contribution in [0.15, 0.2) is 28.0 Å². The number of H-pyrrole nitrogens is 1. The Morgan fingerprint density at radius 1 is 1.14 bits per heavy atom. The number of aromatic hydroxyl groups is 1. The predicted molar refractivity (Wildman–Crippen MR) is 136 cm³/mol. The van der Waals surface area contributed by atoms with Crippen LogP contribution in [0.1, 0.15) is 30.0 Å². The van der Waals surface area contributed by atoms with Crippen molar-refractivity contribution >= 4 is 47.7 Å². The molecule has 37 heavy (non-hydrogen) atoms. The van der Waals surface area contributed by atoms with Crippen LogP contribution in [-0.2, 0) is 16.0 Å². The van der Waals surface area contributed by atoms with Gasteiger partial charge >= 0.3 is 6.03 Å². The maximum Gasteiger partial charge on any atom is 0.328 e. The molecular formula is C24H25N7O5S. The molecule has 0 unspecified atom stereocenters. The van der Waals surface area contributed by atoms with Crippen LogP contribution in [0.25, 0.3) is 0 Å². The van der Waals surface area contributed by atoms with E-state index in [2.05, 4.69) is 30.4 Å². The molecule has 3 fully saturated rings. The van der Waals surface area contributed by atoms with Gasteiger partial charge in [0.2, 0.25) is 17.7 Å². The minimum absolute atomic E-state index is 0.00151. The number of likely N-dealkylation sites (N-methyl/N-ethyl adjacent to an activating group) is 1. The van der Waals surface area contributed by atoms with Crippen LogP contribution in [0.5, 0.6) is 5.88 Å². The van der Waals surface area contributed by atoms with Gasteiger partial charge < -0.3 is 14.9 Å². The lowest BCUT2D eigenvalue weighted by atomic mass is 9.68. The van der Waals surface area contributed by atoms with Gasteiger partial charge in [0, 0.05) is 37.6 Å². The molecule has 4 aliphatic rings. The highest BCUT2D eigenvalue weighted by Crippen LogP contribution is 2.45. The normalized spacial score (nSPS) is 23.1. The first-order valence-corrected chi connectivity index (χ1v) is 12.5. The van der Waals surface area contributed by atoms with E-state index >= 15 is 0 Å². The fourth-order valence-corrected chi connectivity index (χ4v) is 5.96. The van der Waals surface area contributed by atoms with Crippen molar-refractivity contribution in [2.24, 2.45) is 10.4 Å². The van der Waals surface area contributed by atoms with Crippen LogP contribution in [-0.4, -0.2) is 76.3 Å². The summed E-state index contributed by atoms with van der Waals surface area (Å²) in [7, 11) is 1.94. The van der Waals surface area contributed by atoms with Gasteiger partial charge in [-0.1, -0.05) is 0 Å². The van der Waals surface area contributed by atoms with E-state index in [1.165, 1.54) is 10.8 Å². The third-order valence-corrected chi connectivity index (χ3v) is 7.97. The number of carbonyl (C=O) groups is 3. The number of anilines is 1. The number of nitrogens with one attached hydrogen (secondary N) is 3. The number of hydrogen-bond donors (Lipinski definition) is 4. The summed E-state index contributed by atoms with van der Waals surface area (Å²) in [4.78, 5) is 61.9. The molecule has 0 bridgehead atoms. The quantitative estimate of drug-likeness (QED) is 0.261. The zero-order valence-corrected chi connectivity index (χ0v) is 20.8. The molecule has 192 valence electrons. The molecule has 6 rings (SSSR count). The zero-order valence-electron chi connectivity index (χ0n) is 20.0. The summed E-state index contributed by atoms with van der Waals surface area (Å²) in [5.74, 6) is -1.45. The number of barbiturate groups is 1. The summed E-state index contributed by atoms with van der Waals surface area (Å²) in [5, 5.41) is 15.3. The molecule has 1 saturated carbocycles. The summed E-state index contributed by atoms with van der Waals surface area (Å²) < 4.78 is 1.70. The lowest BCUT2D eigenvalue weighted by Gasteiger charge is -2.53. The first kappa shape index (κ1) is 23.6. The fourth-order valence-electron chi connectivity index (χ4n) is 5.63. The molecule has 1 aliphatic carbocycles. The van der Waals surface area contributed by atoms with Gasteiger partial charge in [-0.15, -0.1) is 0 Å². The van der Waals surface area contributed by atoms with Gasteiger partial charge in [0.15, 0.2) is 10.2 Å². The minimum atomic E-state index is -1.48. The standard InChI is InChI=1S/C24H25N7O5S/c1-29-6-7-30-16-5-2-13(25-10-15-18(32)26-23(37)31(19(15)33)14-3-4-14)8-12(16)9-24(17(30)11-29)20(34)27-22(36)28-21(24)35/h2,5,8,10,14,17,33H,3-4,6-7,9,11H2,1H3,(H,26,32,37)(H2,27,28,34,35,36)/t17-/m1/s1. The molecule has 2 aromatic rings. The van der Waals surface area contributed by atoms with Crippen molar-refractivity contribution in [1.29, 1.82) is 0 Å². The van der Waals surface area contributed by atoms with Crippen molar-refractivity contribution in [3.63, 3.8) is 0 Å². The number of rotatable bonds is 3. The summed E-state index contributed by atoms with van der Waals surface area (Å²) >= 11 is 5.20. The molecule has 0 radical (unpaired) electrons.